The number of nitrogens with zero attached hydrogens (tertiary/aromatic N) is 8. The molecule has 0 spiro atoms. The maximum Gasteiger partial charge on any atom is 0.138 e. The van der Waals surface area contributed by atoms with Gasteiger partial charge >= 0.3 is 0 Å². The first-order valence-corrected chi connectivity index (χ1v) is 13.4. The zero-order valence-corrected chi connectivity index (χ0v) is 22.9. The molecule has 3 fully saturated rings. The van der Waals surface area contributed by atoms with Gasteiger partial charge in [0.1, 0.15) is 18.2 Å². The predicted molar refractivity (Wildman–Crippen MR) is 150 cm³/mol. The summed E-state index contributed by atoms with van der Waals surface area (Å²) in [6.45, 7) is 13.6. The maximum absolute atomic E-state index is 10.1. The van der Waals surface area contributed by atoms with Crippen LogP contribution in [-0.4, -0.2) is 73.4 Å². The van der Waals surface area contributed by atoms with Gasteiger partial charge in [0.05, 0.1) is 36.2 Å². The number of aryl methyl sites for hydroxylation is 1. The van der Waals surface area contributed by atoms with Crippen molar-refractivity contribution in [1.29, 1.82) is 5.26 Å². The molecule has 204 valence electrons. The number of aromatic nitrogens is 3. The van der Waals surface area contributed by atoms with Crippen molar-refractivity contribution < 1.29 is 9.84 Å². The third kappa shape index (κ3) is 6.05. The number of rotatable bonds is 10. The molecule has 0 radical (unpaired) electrons. The van der Waals surface area contributed by atoms with Crippen LogP contribution in [-0.2, 0) is 17.8 Å². The van der Waals surface area contributed by atoms with Crippen molar-refractivity contribution in [3.63, 3.8) is 0 Å². The Morgan fingerprint density at radius 3 is 2.72 bits per heavy atom. The van der Waals surface area contributed by atoms with Crippen molar-refractivity contribution in [3.8, 4) is 6.07 Å². The number of nitriles is 1. The van der Waals surface area contributed by atoms with Crippen molar-refractivity contribution in [2.75, 3.05) is 24.6 Å². The highest BCUT2D eigenvalue weighted by Crippen LogP contribution is 2.36. The normalized spacial score (nSPS) is 21.5. The SMILES string of the molecule is C=C1C(c2ccc(N3CC4CC(C3)N4Cc3cnn(CC)c3)nc2)=CC(OCC(C)(C)O)=CN1/N=C\CC#N. The van der Waals surface area contributed by atoms with E-state index in [0.717, 1.165) is 43.1 Å². The average Bonchev–Trinajstić information content (AvgIpc) is 3.40. The number of aliphatic hydroxyl groups is 1. The molecule has 2 aromatic rings. The Morgan fingerprint density at radius 2 is 2.08 bits per heavy atom. The van der Waals surface area contributed by atoms with Gasteiger partial charge in [-0.3, -0.25) is 9.58 Å². The van der Waals surface area contributed by atoms with Gasteiger partial charge < -0.3 is 14.7 Å². The monoisotopic (exact) mass is 528 g/mol. The molecular formula is C29H36N8O2. The van der Waals surface area contributed by atoms with Crippen molar-refractivity contribution in [1.82, 2.24) is 24.7 Å². The summed E-state index contributed by atoms with van der Waals surface area (Å²) in [5.41, 5.74) is 2.64. The van der Waals surface area contributed by atoms with E-state index in [1.165, 1.54) is 18.2 Å². The van der Waals surface area contributed by atoms with Crippen LogP contribution in [0.3, 0.4) is 0 Å². The number of hydrogen-bond acceptors (Lipinski definition) is 9. The average molecular weight is 529 g/mol. The smallest absolute Gasteiger partial charge is 0.138 e. The molecule has 10 nitrogen and oxygen atoms in total. The van der Waals surface area contributed by atoms with Gasteiger partial charge in [0, 0.05) is 73.6 Å². The van der Waals surface area contributed by atoms with Crippen molar-refractivity contribution in [2.45, 2.75) is 64.4 Å². The van der Waals surface area contributed by atoms with Crippen molar-refractivity contribution in [2.24, 2.45) is 5.10 Å². The van der Waals surface area contributed by atoms with Crippen LogP contribution >= 0.6 is 0 Å². The third-order valence-corrected chi connectivity index (χ3v) is 7.21. The summed E-state index contributed by atoms with van der Waals surface area (Å²) < 4.78 is 7.84. The molecule has 39 heavy (non-hydrogen) atoms. The highest BCUT2D eigenvalue weighted by atomic mass is 16.5. The zero-order chi connectivity index (χ0) is 27.6. The van der Waals surface area contributed by atoms with Crippen LogP contribution < -0.4 is 4.90 Å². The summed E-state index contributed by atoms with van der Waals surface area (Å²) in [5, 5.41) is 29.4. The molecule has 0 saturated carbocycles. The number of anilines is 1. The van der Waals surface area contributed by atoms with Crippen LogP contribution in [0.25, 0.3) is 5.57 Å². The molecule has 0 aromatic carbocycles. The highest BCUT2D eigenvalue weighted by Gasteiger charge is 2.44. The van der Waals surface area contributed by atoms with Gasteiger partial charge in [-0.15, -0.1) is 0 Å². The van der Waals surface area contributed by atoms with Gasteiger partial charge in [-0.05, 0) is 45.4 Å². The van der Waals surface area contributed by atoms with Gasteiger partial charge in [0.25, 0.3) is 0 Å². The van der Waals surface area contributed by atoms with E-state index < -0.39 is 5.60 Å². The summed E-state index contributed by atoms with van der Waals surface area (Å²) in [6, 6.07) is 7.21. The third-order valence-electron chi connectivity index (χ3n) is 7.21. The van der Waals surface area contributed by atoms with Gasteiger partial charge in [-0.25, -0.2) is 9.99 Å². The standard InChI is InChI=1S/C29H36N8O2/c1-5-35-15-22(13-33-35)16-36-24-11-25(36)18-34(17-24)28-8-7-23(14-31-28)27-12-26(39-20-29(3,4)38)19-37(21(27)2)32-10-6-9-30/h7-8,10,12-15,19,24-25,38H,2,5-6,11,16-18,20H2,1,3-4H3/b32-10-. The number of pyridine rings is 1. The number of piperazine rings is 1. The molecule has 4 aliphatic rings. The topological polar surface area (TPSA) is 106 Å². The van der Waals surface area contributed by atoms with Gasteiger partial charge in [0.2, 0.25) is 0 Å². The number of allylic oxidation sites excluding steroid dienone is 2. The van der Waals surface area contributed by atoms with Crippen LogP contribution in [0, 0.1) is 11.3 Å². The fourth-order valence-corrected chi connectivity index (χ4v) is 5.18. The molecule has 6 heterocycles. The van der Waals surface area contributed by atoms with Gasteiger partial charge in [-0.1, -0.05) is 6.58 Å². The quantitative estimate of drug-likeness (QED) is 0.467. The molecular weight excluding hydrogens is 492 g/mol. The minimum atomic E-state index is -0.983. The minimum Gasteiger partial charge on any atom is -0.489 e. The number of hydrazone groups is 1. The summed E-state index contributed by atoms with van der Waals surface area (Å²) in [5.74, 6) is 1.50. The Bertz CT molecular complexity index is 1320. The summed E-state index contributed by atoms with van der Waals surface area (Å²) in [7, 11) is 0. The largest absolute Gasteiger partial charge is 0.489 e. The number of hydrogen-bond donors (Lipinski definition) is 1. The van der Waals surface area contributed by atoms with Crippen LogP contribution in [0.4, 0.5) is 5.82 Å². The molecule has 10 heteroatoms. The first-order valence-electron chi connectivity index (χ1n) is 13.4. The fraction of sp³-hybridized carbons (Fsp3) is 0.448. The van der Waals surface area contributed by atoms with Crippen LogP contribution in [0.15, 0.2) is 66.1 Å². The molecule has 1 N–H and O–H groups in total. The van der Waals surface area contributed by atoms with Crippen LogP contribution in [0.1, 0.15) is 44.7 Å². The Balaban J connectivity index is 1.27. The molecule has 4 aliphatic heterocycles. The van der Waals surface area contributed by atoms with E-state index in [-0.39, 0.29) is 13.0 Å². The molecule has 3 saturated heterocycles. The lowest BCUT2D eigenvalue weighted by Gasteiger charge is -2.56. The first kappa shape index (κ1) is 26.7. The number of fused-ring (bicyclic) bond motifs is 2. The van der Waals surface area contributed by atoms with E-state index in [1.807, 2.05) is 29.2 Å². The lowest BCUT2D eigenvalue weighted by atomic mass is 9.87. The summed E-state index contributed by atoms with van der Waals surface area (Å²) in [6.07, 6.45) is 12.5. The molecule has 2 atom stereocenters. The molecule has 2 aromatic heterocycles. The Morgan fingerprint density at radius 1 is 1.28 bits per heavy atom. The number of ether oxygens (including phenoxy) is 1. The zero-order valence-electron chi connectivity index (χ0n) is 22.9. The van der Waals surface area contributed by atoms with E-state index in [1.54, 1.807) is 25.1 Å². The first-order chi connectivity index (χ1) is 18.7. The predicted octanol–water partition coefficient (Wildman–Crippen LogP) is 3.50. The molecule has 2 unspecified atom stereocenters. The van der Waals surface area contributed by atoms with Crippen molar-refractivity contribution >= 4 is 17.6 Å². The second-order valence-corrected chi connectivity index (χ2v) is 10.9. The Hall–Kier alpha value is -3.94. The Kier molecular flexibility index (Phi) is 7.55. The minimum absolute atomic E-state index is 0.122. The van der Waals surface area contributed by atoms with Gasteiger partial charge in [-0.2, -0.15) is 15.5 Å². The van der Waals surface area contributed by atoms with E-state index in [2.05, 4.69) is 51.8 Å². The van der Waals surface area contributed by atoms with E-state index >= 15 is 0 Å². The Labute approximate surface area is 229 Å². The van der Waals surface area contributed by atoms with Crippen LogP contribution in [0.5, 0.6) is 0 Å². The van der Waals surface area contributed by atoms with E-state index in [0.29, 0.717) is 23.5 Å². The lowest BCUT2D eigenvalue weighted by molar-refractivity contribution is -0.00870. The highest BCUT2D eigenvalue weighted by molar-refractivity contribution is 5.81. The number of piperidine rings is 1. The van der Waals surface area contributed by atoms with Crippen molar-refractivity contribution in [3.05, 3.63) is 72.2 Å². The second kappa shape index (κ2) is 11.0. The maximum atomic E-state index is 10.1. The molecule has 0 aliphatic carbocycles. The molecule has 0 amide bonds. The fourth-order valence-electron chi connectivity index (χ4n) is 5.18. The van der Waals surface area contributed by atoms with E-state index in [9.17, 15) is 5.11 Å². The summed E-state index contributed by atoms with van der Waals surface area (Å²) in [4.78, 5) is 9.77. The molecule has 2 bridgehead atoms. The summed E-state index contributed by atoms with van der Waals surface area (Å²) >= 11 is 0. The lowest BCUT2D eigenvalue weighted by Crippen LogP contribution is -2.68. The van der Waals surface area contributed by atoms with Gasteiger partial charge in [0.15, 0.2) is 0 Å². The second-order valence-electron chi connectivity index (χ2n) is 10.9. The van der Waals surface area contributed by atoms with Crippen LogP contribution in [0.2, 0.25) is 0 Å². The van der Waals surface area contributed by atoms with E-state index in [4.69, 9.17) is 15.0 Å². The molecule has 6 rings (SSSR count).